The molecule has 0 aromatic carbocycles. The lowest BCUT2D eigenvalue weighted by Crippen LogP contribution is -2.44. The number of ether oxygens (including phenoxy) is 1. The second-order valence-electron chi connectivity index (χ2n) is 4.78. The van der Waals surface area contributed by atoms with Gasteiger partial charge in [0.2, 0.25) is 0 Å². The third kappa shape index (κ3) is 4.05. The number of hydrogen-bond acceptors (Lipinski definition) is 4. The van der Waals surface area contributed by atoms with Crippen LogP contribution in [0.5, 0.6) is 0 Å². The van der Waals surface area contributed by atoms with E-state index in [2.05, 4.69) is 10.2 Å². The number of nitrogens with one attached hydrogen (secondary N) is 1. The molecule has 6 nitrogen and oxygen atoms in total. The van der Waals surface area contributed by atoms with Gasteiger partial charge < -0.3 is 19.7 Å². The number of aliphatic hydroxyl groups is 1. The van der Waals surface area contributed by atoms with Gasteiger partial charge in [-0.3, -0.25) is 9.69 Å². The molecular weight excluding hydrogens is 246 g/mol. The van der Waals surface area contributed by atoms with Crippen LogP contribution in [0.3, 0.4) is 0 Å². The fourth-order valence-corrected chi connectivity index (χ4v) is 2.14. The highest BCUT2D eigenvalue weighted by atomic mass is 16.5. The van der Waals surface area contributed by atoms with E-state index in [1.807, 2.05) is 19.3 Å². The Kier molecular flexibility index (Phi) is 4.95. The van der Waals surface area contributed by atoms with Crippen LogP contribution in [0.4, 0.5) is 0 Å². The van der Waals surface area contributed by atoms with Gasteiger partial charge in [-0.2, -0.15) is 0 Å². The van der Waals surface area contributed by atoms with Crippen molar-refractivity contribution in [2.75, 3.05) is 39.4 Å². The number of β-amino-alcohol motifs (C(OH)–C–C–N with tert-alkyl or cyclic N) is 1. The van der Waals surface area contributed by atoms with Crippen molar-refractivity contribution in [2.24, 2.45) is 7.05 Å². The van der Waals surface area contributed by atoms with Gasteiger partial charge >= 0.3 is 0 Å². The van der Waals surface area contributed by atoms with E-state index in [9.17, 15) is 9.90 Å². The van der Waals surface area contributed by atoms with Crippen LogP contribution < -0.4 is 5.32 Å². The molecule has 106 valence electrons. The van der Waals surface area contributed by atoms with E-state index in [1.165, 1.54) is 0 Å². The normalized spacial score (nSPS) is 18.2. The summed E-state index contributed by atoms with van der Waals surface area (Å²) in [6.07, 6.45) is 1.27. The van der Waals surface area contributed by atoms with E-state index in [0.29, 0.717) is 25.5 Å². The molecule has 19 heavy (non-hydrogen) atoms. The average molecular weight is 267 g/mol. The highest BCUT2D eigenvalue weighted by molar-refractivity contribution is 5.92. The molecule has 0 aliphatic carbocycles. The SMILES string of the molecule is Cn1cccc1C(=O)NCC(O)CN1CCOCC1. The lowest BCUT2D eigenvalue weighted by atomic mass is 10.3. The van der Waals surface area contributed by atoms with Crippen LogP contribution in [0, 0.1) is 0 Å². The van der Waals surface area contributed by atoms with Crippen LogP contribution in [-0.2, 0) is 11.8 Å². The topological polar surface area (TPSA) is 66.7 Å². The molecule has 1 aromatic rings. The third-order valence-electron chi connectivity index (χ3n) is 3.25. The number of carbonyl (C=O) groups excluding carboxylic acids is 1. The van der Waals surface area contributed by atoms with E-state index in [0.717, 1.165) is 13.1 Å². The first kappa shape index (κ1) is 14.0. The lowest BCUT2D eigenvalue weighted by Gasteiger charge is -2.28. The number of amides is 1. The van der Waals surface area contributed by atoms with E-state index in [1.54, 1.807) is 10.6 Å². The largest absolute Gasteiger partial charge is 0.390 e. The standard InChI is InChI=1S/C13H21N3O3/c1-15-4-2-3-12(15)13(18)14-9-11(17)10-16-5-7-19-8-6-16/h2-4,11,17H,5-10H2,1H3,(H,14,18). The number of hydrogen-bond donors (Lipinski definition) is 2. The zero-order valence-electron chi connectivity index (χ0n) is 11.2. The van der Waals surface area contributed by atoms with Crippen LogP contribution >= 0.6 is 0 Å². The summed E-state index contributed by atoms with van der Waals surface area (Å²) in [4.78, 5) is 14.0. The number of rotatable bonds is 5. The summed E-state index contributed by atoms with van der Waals surface area (Å²) in [5.74, 6) is -0.159. The molecule has 0 radical (unpaired) electrons. The second-order valence-corrected chi connectivity index (χ2v) is 4.78. The van der Waals surface area contributed by atoms with E-state index in [4.69, 9.17) is 4.74 Å². The molecule has 1 saturated heterocycles. The molecule has 2 N–H and O–H groups in total. The molecule has 1 aromatic heterocycles. The van der Waals surface area contributed by atoms with Crippen molar-refractivity contribution < 1.29 is 14.6 Å². The molecule has 1 aliphatic rings. The Balaban J connectivity index is 1.72. The molecule has 1 aliphatic heterocycles. The Morgan fingerprint density at radius 3 is 2.89 bits per heavy atom. The van der Waals surface area contributed by atoms with Crippen molar-refractivity contribution in [2.45, 2.75) is 6.10 Å². The first-order chi connectivity index (χ1) is 9.16. The van der Waals surface area contributed by atoms with Crippen molar-refractivity contribution in [3.8, 4) is 0 Å². The minimum Gasteiger partial charge on any atom is -0.390 e. The smallest absolute Gasteiger partial charge is 0.267 e. The van der Waals surface area contributed by atoms with Gasteiger partial charge in [0.05, 0.1) is 19.3 Å². The van der Waals surface area contributed by atoms with Crippen LogP contribution in [0.15, 0.2) is 18.3 Å². The van der Waals surface area contributed by atoms with E-state index in [-0.39, 0.29) is 12.5 Å². The number of aromatic nitrogens is 1. The molecule has 6 heteroatoms. The summed E-state index contributed by atoms with van der Waals surface area (Å²) in [6, 6.07) is 3.57. The average Bonchev–Trinajstić information content (AvgIpc) is 2.83. The molecule has 1 fully saturated rings. The Morgan fingerprint density at radius 2 is 2.26 bits per heavy atom. The molecule has 0 saturated carbocycles. The van der Waals surface area contributed by atoms with Gasteiger partial charge in [0.1, 0.15) is 5.69 Å². The summed E-state index contributed by atoms with van der Waals surface area (Å²) < 4.78 is 7.00. The van der Waals surface area contributed by atoms with Crippen LogP contribution in [-0.4, -0.2) is 66.0 Å². The Hall–Kier alpha value is -1.37. The Labute approximate surface area is 113 Å². The highest BCUT2D eigenvalue weighted by Gasteiger charge is 2.16. The predicted molar refractivity (Wildman–Crippen MR) is 71.0 cm³/mol. The number of aliphatic hydroxyl groups excluding tert-OH is 1. The number of morpholine rings is 1. The summed E-state index contributed by atoms with van der Waals surface area (Å²) in [6.45, 7) is 3.93. The van der Waals surface area contributed by atoms with Gasteiger partial charge in [0.25, 0.3) is 5.91 Å². The summed E-state index contributed by atoms with van der Waals surface area (Å²) in [7, 11) is 1.82. The molecule has 1 unspecified atom stereocenters. The number of aryl methyl sites for hydroxylation is 1. The maximum atomic E-state index is 11.8. The van der Waals surface area contributed by atoms with Gasteiger partial charge in [-0.25, -0.2) is 0 Å². The quantitative estimate of drug-likeness (QED) is 0.751. The minimum absolute atomic E-state index is 0.159. The molecule has 1 atom stereocenters. The maximum absolute atomic E-state index is 11.8. The van der Waals surface area contributed by atoms with Crippen molar-refractivity contribution in [3.63, 3.8) is 0 Å². The maximum Gasteiger partial charge on any atom is 0.267 e. The first-order valence-corrected chi connectivity index (χ1v) is 6.54. The van der Waals surface area contributed by atoms with Crippen molar-refractivity contribution in [3.05, 3.63) is 24.0 Å². The zero-order chi connectivity index (χ0) is 13.7. The fraction of sp³-hybridized carbons (Fsp3) is 0.615. The molecule has 0 spiro atoms. The lowest BCUT2D eigenvalue weighted by molar-refractivity contribution is 0.0149. The monoisotopic (exact) mass is 267 g/mol. The predicted octanol–water partition coefficient (Wildman–Crippen LogP) is -0.552. The van der Waals surface area contributed by atoms with E-state index < -0.39 is 6.10 Å². The molecule has 2 heterocycles. The van der Waals surface area contributed by atoms with Gasteiger partial charge in [-0.15, -0.1) is 0 Å². The van der Waals surface area contributed by atoms with Gasteiger partial charge in [0.15, 0.2) is 0 Å². The van der Waals surface area contributed by atoms with Gasteiger partial charge in [-0.1, -0.05) is 0 Å². The van der Waals surface area contributed by atoms with E-state index >= 15 is 0 Å². The molecular formula is C13H21N3O3. The zero-order valence-corrected chi connectivity index (χ0v) is 11.2. The fourth-order valence-electron chi connectivity index (χ4n) is 2.14. The first-order valence-electron chi connectivity index (χ1n) is 6.54. The Bertz CT molecular complexity index is 413. The van der Waals surface area contributed by atoms with Crippen molar-refractivity contribution in [1.82, 2.24) is 14.8 Å². The summed E-state index contributed by atoms with van der Waals surface area (Å²) in [5.41, 5.74) is 0.596. The van der Waals surface area contributed by atoms with Gasteiger partial charge in [-0.05, 0) is 12.1 Å². The second kappa shape index (κ2) is 6.70. The molecule has 1 amide bonds. The molecule has 0 bridgehead atoms. The van der Waals surface area contributed by atoms with Crippen LogP contribution in [0.2, 0.25) is 0 Å². The van der Waals surface area contributed by atoms with Crippen LogP contribution in [0.1, 0.15) is 10.5 Å². The van der Waals surface area contributed by atoms with Crippen molar-refractivity contribution in [1.29, 1.82) is 0 Å². The number of carbonyl (C=O) groups is 1. The van der Waals surface area contributed by atoms with Gasteiger partial charge in [0, 0.05) is 39.4 Å². The summed E-state index contributed by atoms with van der Waals surface area (Å²) >= 11 is 0. The summed E-state index contributed by atoms with van der Waals surface area (Å²) in [5, 5.41) is 12.7. The number of nitrogens with zero attached hydrogens (tertiary/aromatic N) is 2. The highest BCUT2D eigenvalue weighted by Crippen LogP contribution is 2.00. The van der Waals surface area contributed by atoms with Crippen LogP contribution in [0.25, 0.3) is 0 Å². The Morgan fingerprint density at radius 1 is 1.53 bits per heavy atom. The minimum atomic E-state index is -0.553. The molecule has 2 rings (SSSR count). The third-order valence-corrected chi connectivity index (χ3v) is 3.25. The van der Waals surface area contributed by atoms with Crippen molar-refractivity contribution >= 4 is 5.91 Å².